The molecule has 0 aliphatic carbocycles. The van der Waals surface area contributed by atoms with E-state index in [2.05, 4.69) is 15.8 Å². The second-order valence-corrected chi connectivity index (χ2v) is 6.87. The average molecular weight is 461 g/mol. The zero-order valence-corrected chi connectivity index (χ0v) is 18.6. The van der Waals surface area contributed by atoms with Crippen LogP contribution >= 0.6 is 0 Å². The molecule has 3 aromatic rings. The summed E-state index contributed by atoms with van der Waals surface area (Å²) < 4.78 is 15.7. The maximum atomic E-state index is 12.3. The molecule has 0 saturated carbocycles. The maximum absolute atomic E-state index is 12.3. The summed E-state index contributed by atoms with van der Waals surface area (Å²) in [4.78, 5) is 36.3. The third-order valence-corrected chi connectivity index (χ3v) is 4.56. The Morgan fingerprint density at radius 1 is 0.853 bits per heavy atom. The number of carbonyl (C=O) groups is 3. The van der Waals surface area contributed by atoms with Gasteiger partial charge in [-0.2, -0.15) is 5.10 Å². The fourth-order valence-electron chi connectivity index (χ4n) is 2.81. The molecule has 0 radical (unpaired) electrons. The summed E-state index contributed by atoms with van der Waals surface area (Å²) in [5.74, 6) is -0.206. The van der Waals surface area contributed by atoms with Gasteiger partial charge in [-0.15, -0.1) is 0 Å². The van der Waals surface area contributed by atoms with Crippen LogP contribution < -0.4 is 25.0 Å². The van der Waals surface area contributed by atoms with Crippen LogP contribution in [0.4, 0.5) is 0 Å². The van der Waals surface area contributed by atoms with Gasteiger partial charge in [0.1, 0.15) is 5.75 Å². The van der Waals surface area contributed by atoms with E-state index in [4.69, 9.17) is 14.2 Å². The molecule has 2 amide bonds. The summed E-state index contributed by atoms with van der Waals surface area (Å²) in [7, 11) is 2.98. The number of nitrogens with one attached hydrogen (secondary N) is 2. The predicted molar refractivity (Wildman–Crippen MR) is 125 cm³/mol. The molecule has 0 spiro atoms. The van der Waals surface area contributed by atoms with E-state index in [0.29, 0.717) is 28.2 Å². The summed E-state index contributed by atoms with van der Waals surface area (Å²) in [6.07, 6.45) is 1.40. The van der Waals surface area contributed by atoms with Crippen LogP contribution in [0.3, 0.4) is 0 Å². The van der Waals surface area contributed by atoms with Gasteiger partial charge in [-0.1, -0.05) is 18.2 Å². The van der Waals surface area contributed by atoms with E-state index in [1.54, 1.807) is 72.8 Å². The van der Waals surface area contributed by atoms with Crippen LogP contribution in [-0.2, 0) is 4.79 Å². The fraction of sp³-hybridized carbons (Fsp3) is 0.120. The molecule has 0 aromatic heterocycles. The minimum absolute atomic E-state index is 0.249. The average Bonchev–Trinajstić information content (AvgIpc) is 2.88. The van der Waals surface area contributed by atoms with Crippen molar-refractivity contribution in [3.63, 3.8) is 0 Å². The van der Waals surface area contributed by atoms with E-state index in [-0.39, 0.29) is 12.3 Å². The van der Waals surface area contributed by atoms with Crippen LogP contribution in [0.2, 0.25) is 0 Å². The van der Waals surface area contributed by atoms with Crippen molar-refractivity contribution in [3.05, 3.63) is 89.5 Å². The van der Waals surface area contributed by atoms with Crippen LogP contribution in [0.15, 0.2) is 77.9 Å². The molecule has 0 aliphatic rings. The second-order valence-electron chi connectivity index (χ2n) is 6.87. The van der Waals surface area contributed by atoms with Gasteiger partial charge < -0.3 is 19.5 Å². The van der Waals surface area contributed by atoms with E-state index in [1.807, 2.05) is 0 Å². The first kappa shape index (κ1) is 24.0. The highest BCUT2D eigenvalue weighted by Gasteiger charge is 2.12. The first-order valence-electron chi connectivity index (χ1n) is 10.2. The topological polar surface area (TPSA) is 115 Å². The number of nitrogens with zero attached hydrogens (tertiary/aromatic N) is 1. The van der Waals surface area contributed by atoms with Gasteiger partial charge in [0.25, 0.3) is 11.8 Å². The highest BCUT2D eigenvalue weighted by Crippen LogP contribution is 2.28. The number of amides is 2. The molecule has 0 unspecified atom stereocenters. The van der Waals surface area contributed by atoms with Gasteiger partial charge in [-0.3, -0.25) is 9.59 Å². The number of hydrogen-bond donors (Lipinski definition) is 2. The number of esters is 1. The summed E-state index contributed by atoms with van der Waals surface area (Å²) in [5, 5.41) is 6.38. The highest BCUT2D eigenvalue weighted by atomic mass is 16.6. The molecule has 34 heavy (non-hydrogen) atoms. The summed E-state index contributed by atoms with van der Waals surface area (Å²) in [6, 6.07) is 19.9. The summed E-state index contributed by atoms with van der Waals surface area (Å²) in [6.45, 7) is -0.250. The van der Waals surface area contributed by atoms with Crippen LogP contribution in [0.25, 0.3) is 0 Å². The van der Waals surface area contributed by atoms with Gasteiger partial charge in [0.15, 0.2) is 11.5 Å². The van der Waals surface area contributed by atoms with Gasteiger partial charge in [0.05, 0.1) is 32.5 Å². The first-order valence-corrected chi connectivity index (χ1v) is 10.2. The van der Waals surface area contributed by atoms with Gasteiger partial charge in [0.2, 0.25) is 0 Å². The lowest BCUT2D eigenvalue weighted by Gasteiger charge is -2.10. The van der Waals surface area contributed by atoms with Gasteiger partial charge >= 0.3 is 5.97 Å². The van der Waals surface area contributed by atoms with E-state index >= 15 is 0 Å². The normalized spacial score (nSPS) is 10.4. The Hall–Kier alpha value is -4.66. The molecule has 0 bridgehead atoms. The van der Waals surface area contributed by atoms with Crippen LogP contribution in [0.1, 0.15) is 26.3 Å². The van der Waals surface area contributed by atoms with Crippen LogP contribution in [-0.4, -0.2) is 44.8 Å². The highest BCUT2D eigenvalue weighted by molar-refractivity contribution is 5.96. The fourth-order valence-corrected chi connectivity index (χ4v) is 2.81. The molecular weight excluding hydrogens is 438 g/mol. The number of hydrazone groups is 1. The Morgan fingerprint density at radius 3 is 2.26 bits per heavy atom. The third-order valence-electron chi connectivity index (χ3n) is 4.56. The summed E-state index contributed by atoms with van der Waals surface area (Å²) >= 11 is 0. The molecule has 0 saturated heterocycles. The molecule has 3 aromatic carbocycles. The Bertz CT molecular complexity index is 1180. The number of methoxy groups -OCH3 is 2. The van der Waals surface area contributed by atoms with E-state index in [0.717, 1.165) is 0 Å². The van der Waals surface area contributed by atoms with Crippen molar-refractivity contribution in [2.75, 3.05) is 20.8 Å². The quantitative estimate of drug-likeness (QED) is 0.219. The molecule has 0 heterocycles. The molecule has 9 nitrogen and oxygen atoms in total. The van der Waals surface area contributed by atoms with Crippen LogP contribution in [0, 0.1) is 0 Å². The van der Waals surface area contributed by atoms with E-state index in [9.17, 15) is 14.4 Å². The zero-order valence-electron chi connectivity index (χ0n) is 18.6. The van der Waals surface area contributed by atoms with Crippen molar-refractivity contribution in [1.29, 1.82) is 0 Å². The monoisotopic (exact) mass is 461 g/mol. The number of ether oxygens (including phenoxy) is 3. The number of rotatable bonds is 9. The van der Waals surface area contributed by atoms with E-state index in [1.165, 1.54) is 20.4 Å². The van der Waals surface area contributed by atoms with Crippen molar-refractivity contribution < 1.29 is 28.6 Å². The minimum Gasteiger partial charge on any atom is -0.497 e. The molecule has 2 N–H and O–H groups in total. The summed E-state index contributed by atoms with van der Waals surface area (Å²) in [5.41, 5.74) is 3.74. The minimum atomic E-state index is -0.510. The number of carbonyl (C=O) groups excluding carboxylic acids is 3. The Balaban J connectivity index is 1.52. The molecule has 3 rings (SSSR count). The molecule has 0 aliphatic heterocycles. The molecule has 0 atom stereocenters. The SMILES string of the molecule is COc1ccc(C(=O)NCC(=O)N/N=C\c2ccc(OC(=O)c3ccccc3)c(OC)c2)cc1. The maximum Gasteiger partial charge on any atom is 0.343 e. The molecule has 9 heteroatoms. The number of benzene rings is 3. The second kappa shape index (κ2) is 11.8. The largest absolute Gasteiger partial charge is 0.497 e. The predicted octanol–water partition coefficient (Wildman–Crippen LogP) is 2.80. The van der Waals surface area contributed by atoms with Crippen molar-refractivity contribution in [3.8, 4) is 17.2 Å². The Kier molecular flexibility index (Phi) is 8.34. The van der Waals surface area contributed by atoms with Crippen molar-refractivity contribution >= 4 is 24.0 Å². The van der Waals surface area contributed by atoms with E-state index < -0.39 is 17.8 Å². The van der Waals surface area contributed by atoms with Crippen LogP contribution in [0.5, 0.6) is 17.2 Å². The van der Waals surface area contributed by atoms with Crippen molar-refractivity contribution in [2.24, 2.45) is 5.10 Å². The lowest BCUT2D eigenvalue weighted by Crippen LogP contribution is -2.34. The molecular formula is C25H23N3O6. The number of hydrogen-bond acceptors (Lipinski definition) is 7. The molecule has 174 valence electrons. The van der Waals surface area contributed by atoms with Crippen molar-refractivity contribution in [1.82, 2.24) is 10.7 Å². The Labute approximate surface area is 196 Å². The lowest BCUT2D eigenvalue weighted by atomic mass is 10.2. The van der Waals surface area contributed by atoms with Gasteiger partial charge in [0, 0.05) is 5.56 Å². The standard InChI is InChI=1S/C25H23N3O6/c1-32-20-11-9-18(10-12-20)24(30)26-16-23(29)28-27-15-17-8-13-21(22(14-17)33-2)34-25(31)19-6-4-3-5-7-19/h3-15H,16H2,1-2H3,(H,26,30)(H,28,29)/b27-15-. The smallest absolute Gasteiger partial charge is 0.343 e. The Morgan fingerprint density at radius 2 is 1.59 bits per heavy atom. The zero-order chi connectivity index (χ0) is 24.3. The molecule has 0 fully saturated rings. The third kappa shape index (κ3) is 6.67. The van der Waals surface area contributed by atoms with Gasteiger partial charge in [-0.25, -0.2) is 10.2 Å². The first-order chi connectivity index (χ1) is 16.5. The van der Waals surface area contributed by atoms with Crippen molar-refractivity contribution in [2.45, 2.75) is 0 Å². The van der Waals surface area contributed by atoms with Gasteiger partial charge in [-0.05, 0) is 60.2 Å². The lowest BCUT2D eigenvalue weighted by molar-refractivity contribution is -0.120.